The minimum atomic E-state index is -3.51. The van der Waals surface area contributed by atoms with Gasteiger partial charge in [-0.1, -0.05) is 6.07 Å². The molecule has 1 aliphatic heterocycles. The zero-order valence-electron chi connectivity index (χ0n) is 16.9. The average Bonchev–Trinajstić information content (AvgIpc) is 3.20. The molecule has 0 amide bonds. The topological polar surface area (TPSA) is 58.6 Å². The number of rotatable bonds is 8. The van der Waals surface area contributed by atoms with Crippen LogP contribution in [0.25, 0.3) is 0 Å². The van der Waals surface area contributed by atoms with Gasteiger partial charge in [0.1, 0.15) is 5.75 Å². The van der Waals surface area contributed by atoms with Crippen molar-refractivity contribution in [1.29, 1.82) is 0 Å². The lowest BCUT2D eigenvalue weighted by Crippen LogP contribution is -2.39. The smallest absolute Gasteiger partial charge is 0.240 e. The van der Waals surface area contributed by atoms with Crippen LogP contribution in [-0.2, 0) is 10.0 Å². The van der Waals surface area contributed by atoms with E-state index < -0.39 is 10.0 Å². The van der Waals surface area contributed by atoms with Crippen molar-refractivity contribution in [2.45, 2.75) is 44.4 Å². The molecule has 28 heavy (non-hydrogen) atoms. The Morgan fingerprint density at radius 3 is 2.46 bits per heavy atom. The van der Waals surface area contributed by atoms with E-state index in [4.69, 9.17) is 4.74 Å². The van der Waals surface area contributed by atoms with Crippen LogP contribution in [0.4, 0.5) is 0 Å². The Bertz CT molecular complexity index is 848. The van der Waals surface area contributed by atoms with Crippen LogP contribution in [-0.4, -0.2) is 46.1 Å². The first-order valence-corrected chi connectivity index (χ1v) is 12.3. The van der Waals surface area contributed by atoms with Crippen molar-refractivity contribution in [2.75, 3.05) is 32.8 Å². The molecular formula is C21H30N2O3S2. The van der Waals surface area contributed by atoms with E-state index >= 15 is 0 Å². The highest BCUT2D eigenvalue weighted by molar-refractivity contribution is 7.89. The molecule has 0 atom stereocenters. The third-order valence-electron chi connectivity index (χ3n) is 5.29. The molecule has 1 aliphatic rings. The van der Waals surface area contributed by atoms with Crippen LogP contribution in [0.1, 0.15) is 41.7 Å². The predicted molar refractivity (Wildman–Crippen MR) is 115 cm³/mol. The van der Waals surface area contributed by atoms with Gasteiger partial charge in [-0.3, -0.25) is 0 Å². The van der Waals surface area contributed by atoms with Crippen LogP contribution in [0.5, 0.6) is 5.75 Å². The van der Waals surface area contributed by atoms with E-state index in [-0.39, 0.29) is 0 Å². The molecule has 5 nitrogen and oxygen atoms in total. The number of piperidine rings is 1. The molecule has 1 saturated heterocycles. The summed E-state index contributed by atoms with van der Waals surface area (Å²) >= 11 is 1.84. The molecule has 154 valence electrons. The average molecular weight is 423 g/mol. The lowest BCUT2D eigenvalue weighted by Gasteiger charge is -2.31. The van der Waals surface area contributed by atoms with Gasteiger partial charge < -0.3 is 9.64 Å². The normalized spacial score (nSPS) is 16.4. The predicted octanol–water partition coefficient (Wildman–Crippen LogP) is 3.92. The summed E-state index contributed by atoms with van der Waals surface area (Å²) in [5.74, 6) is 1.43. The molecule has 1 N–H and O–H groups in total. The van der Waals surface area contributed by atoms with Gasteiger partial charge in [-0.25, -0.2) is 13.1 Å². The largest absolute Gasteiger partial charge is 0.493 e. The highest BCUT2D eigenvalue weighted by Gasteiger charge is 2.22. The number of nitrogens with one attached hydrogen (secondary N) is 1. The van der Waals surface area contributed by atoms with Gasteiger partial charge in [-0.05, 0) is 87.3 Å². The number of likely N-dealkylation sites (tertiary alicyclic amines) is 1. The Morgan fingerprint density at radius 2 is 1.89 bits per heavy atom. The van der Waals surface area contributed by atoms with Gasteiger partial charge in [-0.15, -0.1) is 11.3 Å². The Morgan fingerprint density at radius 1 is 1.21 bits per heavy atom. The fourth-order valence-corrected chi connectivity index (χ4v) is 5.91. The van der Waals surface area contributed by atoms with Crippen molar-refractivity contribution in [2.24, 2.45) is 0 Å². The molecule has 3 rings (SSSR count). The van der Waals surface area contributed by atoms with Gasteiger partial charge in [-0.2, -0.15) is 0 Å². The third kappa shape index (κ3) is 5.14. The zero-order valence-corrected chi connectivity index (χ0v) is 18.5. The van der Waals surface area contributed by atoms with Gasteiger partial charge in [0.25, 0.3) is 0 Å². The summed E-state index contributed by atoms with van der Waals surface area (Å²) < 4.78 is 33.7. The first-order chi connectivity index (χ1) is 13.4. The molecule has 0 bridgehead atoms. The molecule has 1 aromatic heterocycles. The van der Waals surface area contributed by atoms with Crippen molar-refractivity contribution in [3.05, 3.63) is 45.6 Å². The van der Waals surface area contributed by atoms with Crippen molar-refractivity contribution in [1.82, 2.24) is 9.62 Å². The third-order valence-corrected chi connectivity index (χ3v) is 7.76. The first-order valence-electron chi connectivity index (χ1n) is 9.90. The maximum absolute atomic E-state index is 12.7. The van der Waals surface area contributed by atoms with Crippen molar-refractivity contribution in [3.8, 4) is 5.75 Å². The number of hydrogen-bond acceptors (Lipinski definition) is 5. The number of ether oxygens (including phenoxy) is 1. The molecular weight excluding hydrogens is 392 g/mol. The minimum Gasteiger partial charge on any atom is -0.493 e. The number of hydrogen-bond donors (Lipinski definition) is 1. The SMILES string of the molecule is CCOc1c(C)cc(S(=O)(=O)NCCN2CCC(c3cccs3)CC2)cc1C. The summed E-state index contributed by atoms with van der Waals surface area (Å²) in [6.45, 7) is 9.47. The minimum absolute atomic E-state index is 0.308. The molecule has 1 fully saturated rings. The number of benzene rings is 1. The van der Waals surface area contributed by atoms with Crippen molar-refractivity contribution >= 4 is 21.4 Å². The van der Waals surface area contributed by atoms with E-state index in [0.29, 0.717) is 24.0 Å². The fourth-order valence-electron chi connectivity index (χ4n) is 3.82. The summed E-state index contributed by atoms with van der Waals surface area (Å²) in [4.78, 5) is 4.13. The molecule has 2 heterocycles. The van der Waals surface area contributed by atoms with Crippen molar-refractivity contribution < 1.29 is 13.2 Å². The maximum atomic E-state index is 12.7. The van der Waals surface area contributed by atoms with E-state index in [2.05, 4.69) is 27.1 Å². The monoisotopic (exact) mass is 422 g/mol. The van der Waals surface area contributed by atoms with Gasteiger partial charge in [0.15, 0.2) is 0 Å². The summed E-state index contributed by atoms with van der Waals surface area (Å²) in [6.07, 6.45) is 2.29. The highest BCUT2D eigenvalue weighted by Crippen LogP contribution is 2.31. The Labute approximate surface area is 172 Å². The summed E-state index contributed by atoms with van der Waals surface area (Å²) in [5, 5.41) is 2.14. The summed E-state index contributed by atoms with van der Waals surface area (Å²) in [5.41, 5.74) is 1.69. The van der Waals surface area contributed by atoms with Gasteiger partial charge in [0.05, 0.1) is 11.5 Å². The lowest BCUT2D eigenvalue weighted by molar-refractivity contribution is 0.217. The maximum Gasteiger partial charge on any atom is 0.240 e. The Balaban J connectivity index is 1.52. The molecule has 7 heteroatoms. The standard InChI is InChI=1S/C21H30N2O3S2/c1-4-26-21-16(2)14-19(15-17(21)3)28(24,25)22-9-12-23-10-7-18(8-11-23)20-6-5-13-27-20/h5-6,13-15,18,22H,4,7-12H2,1-3H3. The molecule has 0 saturated carbocycles. The number of sulfonamides is 1. The molecule has 0 spiro atoms. The zero-order chi connectivity index (χ0) is 20.1. The molecule has 0 unspecified atom stereocenters. The van der Waals surface area contributed by atoms with Crippen LogP contribution >= 0.6 is 11.3 Å². The van der Waals surface area contributed by atoms with Gasteiger partial charge in [0.2, 0.25) is 10.0 Å². The molecule has 0 radical (unpaired) electrons. The first kappa shape index (κ1) is 21.3. The summed E-state index contributed by atoms with van der Waals surface area (Å²) in [6, 6.07) is 7.71. The van der Waals surface area contributed by atoms with Crippen LogP contribution in [0.15, 0.2) is 34.5 Å². The fraction of sp³-hybridized carbons (Fsp3) is 0.524. The van der Waals surface area contributed by atoms with Crippen LogP contribution < -0.4 is 9.46 Å². The second-order valence-electron chi connectivity index (χ2n) is 7.35. The Kier molecular flexibility index (Phi) is 7.15. The van der Waals surface area contributed by atoms with Crippen LogP contribution in [0.3, 0.4) is 0 Å². The number of aryl methyl sites for hydroxylation is 2. The Hall–Kier alpha value is -1.41. The number of nitrogens with zero attached hydrogens (tertiary/aromatic N) is 1. The highest BCUT2D eigenvalue weighted by atomic mass is 32.2. The number of thiophene rings is 1. The quantitative estimate of drug-likeness (QED) is 0.700. The second kappa shape index (κ2) is 9.39. The van der Waals surface area contributed by atoms with Gasteiger partial charge in [0, 0.05) is 18.0 Å². The van der Waals surface area contributed by atoms with Gasteiger partial charge >= 0.3 is 0 Å². The van der Waals surface area contributed by atoms with E-state index in [0.717, 1.165) is 49.4 Å². The molecule has 2 aromatic rings. The molecule has 0 aliphatic carbocycles. The second-order valence-corrected chi connectivity index (χ2v) is 10.1. The van der Waals surface area contributed by atoms with E-state index in [1.807, 2.05) is 32.1 Å². The molecule has 1 aromatic carbocycles. The van der Waals surface area contributed by atoms with Crippen LogP contribution in [0, 0.1) is 13.8 Å². The van der Waals surface area contributed by atoms with E-state index in [9.17, 15) is 8.42 Å². The van der Waals surface area contributed by atoms with Crippen molar-refractivity contribution in [3.63, 3.8) is 0 Å². The van der Waals surface area contributed by atoms with Crippen LogP contribution in [0.2, 0.25) is 0 Å². The van der Waals surface area contributed by atoms with E-state index in [1.54, 1.807) is 12.1 Å². The lowest BCUT2D eigenvalue weighted by atomic mass is 9.95. The summed E-state index contributed by atoms with van der Waals surface area (Å²) in [7, 11) is -3.51. The van der Waals surface area contributed by atoms with E-state index in [1.165, 1.54) is 4.88 Å².